The highest BCUT2D eigenvalue weighted by Gasteiger charge is 2.20. The van der Waals surface area contributed by atoms with Crippen LogP contribution in [0.3, 0.4) is 0 Å². The number of unbranched alkanes of at least 4 members (excludes halogenated alkanes) is 40. The number of phosphoric ester groups is 1. The number of rotatable bonds is 54. The molecule has 0 fully saturated rings. The zero-order chi connectivity index (χ0) is 46.9. The quantitative estimate of drug-likeness (QED) is 0.0259. The van der Waals surface area contributed by atoms with Gasteiger partial charge in [0.15, 0.2) is 0 Å². The Balaban J connectivity index is 3.97. The lowest BCUT2D eigenvalue weighted by molar-refractivity contribution is -0.870. The summed E-state index contributed by atoms with van der Waals surface area (Å²) in [6.07, 6.45) is 55.7. The molecule has 0 aromatic carbocycles. The first-order chi connectivity index (χ1) is 31.1. The van der Waals surface area contributed by atoms with Crippen LogP contribution in [0.1, 0.15) is 290 Å². The van der Waals surface area contributed by atoms with Crippen LogP contribution in [-0.4, -0.2) is 70.7 Å². The molecule has 0 saturated carbocycles. The molecule has 8 nitrogen and oxygen atoms in total. The molecule has 0 spiro atoms. The summed E-state index contributed by atoms with van der Waals surface area (Å²) < 4.78 is 34.8. The van der Waals surface area contributed by atoms with Gasteiger partial charge in [-0.1, -0.05) is 271 Å². The average Bonchev–Trinajstić information content (AvgIpc) is 3.25. The molecule has 2 atom stereocenters. The number of likely N-dealkylation sites (N-methyl/N-ethyl adjacent to an activating group) is 1. The van der Waals surface area contributed by atoms with Crippen molar-refractivity contribution in [1.29, 1.82) is 0 Å². The minimum absolute atomic E-state index is 0.0318. The lowest BCUT2D eigenvalue weighted by Crippen LogP contribution is -2.37. The Bertz CT molecular complexity index is 992. The Morgan fingerprint density at radius 2 is 0.719 bits per heavy atom. The van der Waals surface area contributed by atoms with E-state index in [1.54, 1.807) is 0 Å². The van der Waals surface area contributed by atoms with Gasteiger partial charge in [-0.05, 0) is 12.8 Å². The molecule has 64 heavy (non-hydrogen) atoms. The maximum atomic E-state index is 12.8. The monoisotopic (exact) mass is 930 g/mol. The number of nitrogens with zero attached hydrogens (tertiary/aromatic N) is 1. The Labute approximate surface area is 399 Å². The molecule has 0 amide bonds. The van der Waals surface area contributed by atoms with E-state index in [4.69, 9.17) is 18.5 Å². The van der Waals surface area contributed by atoms with Crippen LogP contribution < -0.4 is 4.89 Å². The van der Waals surface area contributed by atoms with Gasteiger partial charge in [-0.25, -0.2) is 0 Å². The first-order valence-electron chi connectivity index (χ1n) is 28.3. The standard InChI is InChI=1S/C55H112NO7P/c1-6-8-10-12-14-16-18-20-22-24-25-26-27-28-29-30-31-32-33-35-37-39-41-43-45-47-50-60-52-54(53-62-64(58,59)61-51-49-56(3,4)5)63-55(57)48-46-44-42-40-38-36-34-23-21-19-17-15-13-11-9-7-2/h54H,6-53H2,1-5H3. The molecule has 0 aromatic heterocycles. The molecule has 0 aromatic rings. The summed E-state index contributed by atoms with van der Waals surface area (Å²) in [7, 11) is 1.38. The molecule has 384 valence electrons. The van der Waals surface area contributed by atoms with Gasteiger partial charge in [0.05, 0.1) is 34.4 Å². The first-order valence-corrected chi connectivity index (χ1v) is 29.7. The topological polar surface area (TPSA) is 94.1 Å². The third kappa shape index (κ3) is 52.5. The molecule has 0 bridgehead atoms. The van der Waals surface area contributed by atoms with Crippen LogP contribution in [-0.2, 0) is 27.9 Å². The molecule has 0 aliphatic carbocycles. The second-order valence-electron chi connectivity index (χ2n) is 20.7. The van der Waals surface area contributed by atoms with Gasteiger partial charge in [0.2, 0.25) is 0 Å². The lowest BCUT2D eigenvalue weighted by atomic mass is 10.0. The number of ether oxygens (including phenoxy) is 2. The zero-order valence-corrected chi connectivity index (χ0v) is 44.7. The highest BCUT2D eigenvalue weighted by molar-refractivity contribution is 7.45. The molecule has 0 aliphatic rings. The van der Waals surface area contributed by atoms with Gasteiger partial charge in [-0.3, -0.25) is 9.36 Å². The van der Waals surface area contributed by atoms with Gasteiger partial charge in [0.25, 0.3) is 7.82 Å². The fourth-order valence-corrected chi connectivity index (χ4v) is 9.28. The van der Waals surface area contributed by atoms with E-state index >= 15 is 0 Å². The van der Waals surface area contributed by atoms with Crippen molar-refractivity contribution >= 4 is 13.8 Å². The normalized spacial score (nSPS) is 13.4. The third-order valence-corrected chi connectivity index (χ3v) is 13.9. The van der Waals surface area contributed by atoms with Crippen molar-refractivity contribution in [3.05, 3.63) is 0 Å². The van der Waals surface area contributed by atoms with E-state index in [0.29, 0.717) is 24.1 Å². The fraction of sp³-hybridized carbons (Fsp3) is 0.982. The molecule has 0 heterocycles. The summed E-state index contributed by atoms with van der Waals surface area (Å²) in [5.74, 6) is -0.325. The van der Waals surface area contributed by atoms with Crippen molar-refractivity contribution in [2.45, 2.75) is 296 Å². The number of carbonyl (C=O) groups is 1. The Morgan fingerprint density at radius 1 is 0.422 bits per heavy atom. The Morgan fingerprint density at radius 3 is 1.03 bits per heavy atom. The van der Waals surface area contributed by atoms with E-state index in [0.717, 1.165) is 32.1 Å². The van der Waals surface area contributed by atoms with Gasteiger partial charge in [0, 0.05) is 13.0 Å². The average molecular weight is 930 g/mol. The summed E-state index contributed by atoms with van der Waals surface area (Å²) in [5.41, 5.74) is 0. The van der Waals surface area contributed by atoms with E-state index in [-0.39, 0.29) is 25.8 Å². The molecule has 0 radical (unpaired) electrons. The van der Waals surface area contributed by atoms with Crippen molar-refractivity contribution < 1.29 is 37.3 Å². The van der Waals surface area contributed by atoms with E-state index in [1.807, 2.05) is 21.1 Å². The highest BCUT2D eigenvalue weighted by atomic mass is 31.2. The van der Waals surface area contributed by atoms with Crippen molar-refractivity contribution in [1.82, 2.24) is 0 Å². The molecular formula is C55H112NO7P. The minimum Gasteiger partial charge on any atom is -0.756 e. The van der Waals surface area contributed by atoms with E-state index in [9.17, 15) is 14.3 Å². The highest BCUT2D eigenvalue weighted by Crippen LogP contribution is 2.38. The summed E-state index contributed by atoms with van der Waals surface area (Å²) >= 11 is 0. The van der Waals surface area contributed by atoms with Crippen LogP contribution in [0.2, 0.25) is 0 Å². The van der Waals surface area contributed by atoms with Gasteiger partial charge in [0.1, 0.15) is 19.3 Å². The van der Waals surface area contributed by atoms with E-state index < -0.39 is 13.9 Å². The van der Waals surface area contributed by atoms with Crippen LogP contribution in [0.4, 0.5) is 0 Å². The van der Waals surface area contributed by atoms with E-state index in [2.05, 4.69) is 13.8 Å². The summed E-state index contributed by atoms with van der Waals surface area (Å²) in [4.78, 5) is 25.2. The summed E-state index contributed by atoms with van der Waals surface area (Å²) in [6.45, 7) is 5.50. The number of phosphoric acid groups is 1. The molecule has 0 saturated heterocycles. The fourth-order valence-electron chi connectivity index (χ4n) is 8.55. The Kier molecular flexibility index (Phi) is 48.6. The molecule has 9 heteroatoms. The maximum absolute atomic E-state index is 12.8. The van der Waals surface area contributed by atoms with Crippen LogP contribution in [0.15, 0.2) is 0 Å². The third-order valence-electron chi connectivity index (χ3n) is 12.9. The summed E-state index contributed by atoms with van der Waals surface area (Å²) in [5, 5.41) is 0. The summed E-state index contributed by atoms with van der Waals surface area (Å²) in [6, 6.07) is 0. The van der Waals surface area contributed by atoms with E-state index in [1.165, 1.54) is 238 Å². The number of hydrogen-bond donors (Lipinski definition) is 0. The van der Waals surface area contributed by atoms with Gasteiger partial charge in [-0.2, -0.15) is 0 Å². The zero-order valence-electron chi connectivity index (χ0n) is 43.8. The largest absolute Gasteiger partial charge is 0.756 e. The van der Waals surface area contributed by atoms with Gasteiger partial charge >= 0.3 is 5.97 Å². The number of quaternary nitrogens is 1. The van der Waals surface area contributed by atoms with Crippen LogP contribution in [0.25, 0.3) is 0 Å². The van der Waals surface area contributed by atoms with Crippen LogP contribution in [0, 0.1) is 0 Å². The van der Waals surface area contributed by atoms with Crippen LogP contribution >= 0.6 is 7.82 Å². The van der Waals surface area contributed by atoms with Crippen molar-refractivity contribution in [2.24, 2.45) is 0 Å². The SMILES string of the molecule is CCCCCCCCCCCCCCCCCCCCCCCCCCCCOCC(COP(=O)([O-])OCC[N+](C)(C)C)OC(=O)CCCCCCCCCCCCCCCCCC. The molecule has 0 N–H and O–H groups in total. The first kappa shape index (κ1) is 63.5. The second kappa shape index (κ2) is 48.9. The predicted octanol–water partition coefficient (Wildman–Crippen LogP) is 16.9. The molecule has 0 rings (SSSR count). The molecular weight excluding hydrogens is 818 g/mol. The maximum Gasteiger partial charge on any atom is 0.306 e. The van der Waals surface area contributed by atoms with Gasteiger partial charge < -0.3 is 27.9 Å². The minimum atomic E-state index is -4.52. The van der Waals surface area contributed by atoms with Crippen LogP contribution in [0.5, 0.6) is 0 Å². The Hall–Kier alpha value is -0.500. The lowest BCUT2D eigenvalue weighted by Gasteiger charge is -2.28. The number of carbonyl (C=O) groups excluding carboxylic acids is 1. The molecule has 0 aliphatic heterocycles. The number of hydrogen-bond acceptors (Lipinski definition) is 7. The smallest absolute Gasteiger partial charge is 0.306 e. The van der Waals surface area contributed by atoms with Crippen molar-refractivity contribution in [2.75, 3.05) is 54.1 Å². The van der Waals surface area contributed by atoms with Crippen molar-refractivity contribution in [3.63, 3.8) is 0 Å². The molecule has 2 unspecified atom stereocenters. The van der Waals surface area contributed by atoms with Crippen molar-refractivity contribution in [3.8, 4) is 0 Å². The van der Waals surface area contributed by atoms with Gasteiger partial charge in [-0.15, -0.1) is 0 Å². The predicted molar refractivity (Wildman–Crippen MR) is 273 cm³/mol. The second-order valence-corrected chi connectivity index (χ2v) is 22.1. The number of esters is 1.